The van der Waals surface area contributed by atoms with Crippen LogP contribution in [0.2, 0.25) is 0 Å². The van der Waals surface area contributed by atoms with Gasteiger partial charge in [0.15, 0.2) is 11.5 Å². The topological polar surface area (TPSA) is 53.1 Å². The van der Waals surface area contributed by atoms with Gasteiger partial charge in [-0.3, -0.25) is 0 Å². The first kappa shape index (κ1) is 20.0. The van der Waals surface area contributed by atoms with Crippen molar-refractivity contribution >= 4 is 11.0 Å². The Bertz CT molecular complexity index is 1040. The second kappa shape index (κ2) is 8.48. The molecule has 0 fully saturated rings. The number of ether oxygens (including phenoxy) is 2. The number of nitrogens with one attached hydrogen (secondary N) is 1. The number of methoxy groups -OCH3 is 2. The Balaban J connectivity index is 1.76. The lowest BCUT2D eigenvalue weighted by Crippen LogP contribution is -3.07. The summed E-state index contributed by atoms with van der Waals surface area (Å²) >= 11 is 0. The Hall–Kier alpha value is -2.79. The van der Waals surface area contributed by atoms with Gasteiger partial charge < -0.3 is 18.8 Å². The summed E-state index contributed by atoms with van der Waals surface area (Å²) in [6.45, 7) is 5.80. The molecule has 5 nitrogen and oxygen atoms in total. The lowest BCUT2D eigenvalue weighted by atomic mass is 10.0. The second-order valence-corrected chi connectivity index (χ2v) is 7.35. The van der Waals surface area contributed by atoms with Gasteiger partial charge in [-0.1, -0.05) is 6.07 Å². The number of likely N-dealkylation sites (N-methyl/N-ethyl adjacent to an activating group) is 1. The van der Waals surface area contributed by atoms with E-state index in [4.69, 9.17) is 13.9 Å². The molecule has 2 aromatic carbocycles. The van der Waals surface area contributed by atoms with E-state index in [0.29, 0.717) is 5.58 Å². The fraction of sp³-hybridized carbons (Fsp3) is 0.348. The van der Waals surface area contributed by atoms with Crippen molar-refractivity contribution in [3.8, 4) is 11.5 Å². The largest absolute Gasteiger partial charge is 0.493 e. The molecule has 1 N–H and O–H groups in total. The van der Waals surface area contributed by atoms with Crippen LogP contribution in [0.1, 0.15) is 22.3 Å². The summed E-state index contributed by atoms with van der Waals surface area (Å²) in [5, 5.41) is 1.02. The van der Waals surface area contributed by atoms with E-state index in [-0.39, 0.29) is 5.63 Å². The third-order valence-corrected chi connectivity index (χ3v) is 5.23. The fourth-order valence-corrected chi connectivity index (χ4v) is 3.44. The second-order valence-electron chi connectivity index (χ2n) is 7.35. The van der Waals surface area contributed by atoms with E-state index in [1.54, 1.807) is 20.3 Å². The van der Waals surface area contributed by atoms with Crippen molar-refractivity contribution in [1.29, 1.82) is 0 Å². The van der Waals surface area contributed by atoms with E-state index in [1.807, 2.05) is 25.1 Å². The summed E-state index contributed by atoms with van der Waals surface area (Å²) in [6.07, 6.45) is 0.906. The Labute approximate surface area is 165 Å². The summed E-state index contributed by atoms with van der Waals surface area (Å²) in [5.74, 6) is 1.48. The van der Waals surface area contributed by atoms with Crippen LogP contribution in [0, 0.1) is 13.8 Å². The molecule has 3 rings (SSSR count). The summed E-state index contributed by atoms with van der Waals surface area (Å²) in [7, 11) is 5.43. The van der Waals surface area contributed by atoms with Gasteiger partial charge >= 0.3 is 5.63 Å². The molecule has 0 spiro atoms. The van der Waals surface area contributed by atoms with Gasteiger partial charge in [0.2, 0.25) is 0 Å². The van der Waals surface area contributed by atoms with Crippen molar-refractivity contribution in [3.05, 3.63) is 69.1 Å². The highest BCUT2D eigenvalue weighted by Crippen LogP contribution is 2.27. The van der Waals surface area contributed by atoms with Gasteiger partial charge in [-0.15, -0.1) is 0 Å². The van der Waals surface area contributed by atoms with Gasteiger partial charge in [0.05, 0.1) is 27.8 Å². The first-order valence-electron chi connectivity index (χ1n) is 9.47. The molecular formula is C23H28NO4+. The van der Waals surface area contributed by atoms with Gasteiger partial charge in [-0.05, 0) is 54.8 Å². The molecule has 1 unspecified atom stereocenters. The number of benzene rings is 2. The molecule has 1 atom stereocenters. The third kappa shape index (κ3) is 4.37. The molecular weight excluding hydrogens is 354 g/mol. The highest BCUT2D eigenvalue weighted by molar-refractivity contribution is 5.81. The quantitative estimate of drug-likeness (QED) is 0.639. The smallest absolute Gasteiger partial charge is 0.336 e. The van der Waals surface area contributed by atoms with Crippen LogP contribution in [0.25, 0.3) is 11.0 Å². The molecule has 1 aromatic heterocycles. The number of fused-ring (bicyclic) bond motifs is 1. The molecule has 0 aliphatic heterocycles. The number of quaternary nitrogens is 1. The van der Waals surface area contributed by atoms with Crippen molar-refractivity contribution in [2.45, 2.75) is 26.8 Å². The summed E-state index contributed by atoms with van der Waals surface area (Å²) < 4.78 is 16.1. The fourth-order valence-electron chi connectivity index (χ4n) is 3.44. The van der Waals surface area contributed by atoms with Crippen LogP contribution >= 0.6 is 0 Å². The normalized spacial score (nSPS) is 12.2. The molecule has 5 heteroatoms. The van der Waals surface area contributed by atoms with Crippen LogP contribution in [0.4, 0.5) is 0 Å². The minimum absolute atomic E-state index is 0.293. The predicted octanol–water partition coefficient (Wildman–Crippen LogP) is 2.68. The van der Waals surface area contributed by atoms with Gasteiger partial charge in [0.25, 0.3) is 0 Å². The van der Waals surface area contributed by atoms with Crippen LogP contribution in [0.3, 0.4) is 0 Å². The summed E-state index contributed by atoms with van der Waals surface area (Å²) in [5.41, 5.74) is 4.92. The molecule has 3 aromatic rings. The summed E-state index contributed by atoms with van der Waals surface area (Å²) in [6, 6.07) is 11.7. The maximum atomic E-state index is 12.0. The van der Waals surface area contributed by atoms with Crippen molar-refractivity contribution in [3.63, 3.8) is 0 Å². The highest BCUT2D eigenvalue weighted by Gasteiger charge is 2.13. The lowest BCUT2D eigenvalue weighted by Gasteiger charge is -2.16. The third-order valence-electron chi connectivity index (χ3n) is 5.23. The van der Waals surface area contributed by atoms with Crippen LogP contribution < -0.4 is 20.0 Å². The van der Waals surface area contributed by atoms with Crippen LogP contribution in [0.5, 0.6) is 11.5 Å². The van der Waals surface area contributed by atoms with E-state index < -0.39 is 0 Å². The zero-order valence-corrected chi connectivity index (χ0v) is 17.2. The lowest BCUT2D eigenvalue weighted by molar-refractivity contribution is -0.893. The molecule has 0 aliphatic carbocycles. The van der Waals surface area contributed by atoms with Gasteiger partial charge in [-0.25, -0.2) is 4.79 Å². The maximum Gasteiger partial charge on any atom is 0.336 e. The Morgan fingerprint density at radius 1 is 0.964 bits per heavy atom. The van der Waals surface area contributed by atoms with E-state index in [2.05, 4.69) is 26.1 Å². The molecule has 1 heterocycles. The maximum absolute atomic E-state index is 12.0. The zero-order chi connectivity index (χ0) is 20.3. The van der Waals surface area contributed by atoms with E-state index in [9.17, 15) is 4.79 Å². The van der Waals surface area contributed by atoms with Crippen molar-refractivity contribution in [2.24, 2.45) is 0 Å². The standard InChI is InChI=1S/C23H27NO4/c1-15-10-19-18(13-23(25)28-21(19)11-16(15)2)14-24(3)9-8-17-6-7-20(26-4)22(12-17)27-5/h6-7,10-13H,8-9,14H2,1-5H3/p+1. The molecule has 0 radical (unpaired) electrons. The highest BCUT2D eigenvalue weighted by atomic mass is 16.5. The zero-order valence-electron chi connectivity index (χ0n) is 17.2. The number of hydrogen-bond donors (Lipinski definition) is 1. The van der Waals surface area contributed by atoms with Crippen LogP contribution in [-0.2, 0) is 13.0 Å². The molecule has 28 heavy (non-hydrogen) atoms. The predicted molar refractivity (Wildman–Crippen MR) is 111 cm³/mol. The molecule has 0 aliphatic rings. The Morgan fingerprint density at radius 3 is 2.39 bits per heavy atom. The van der Waals surface area contributed by atoms with Crippen molar-refractivity contribution in [1.82, 2.24) is 0 Å². The van der Waals surface area contributed by atoms with Crippen molar-refractivity contribution in [2.75, 3.05) is 27.8 Å². The molecule has 0 bridgehead atoms. The minimum atomic E-state index is -0.293. The van der Waals surface area contributed by atoms with Crippen molar-refractivity contribution < 1.29 is 18.8 Å². The van der Waals surface area contributed by atoms with Gasteiger partial charge in [0, 0.05) is 23.4 Å². The average molecular weight is 382 g/mol. The first-order valence-corrected chi connectivity index (χ1v) is 9.47. The summed E-state index contributed by atoms with van der Waals surface area (Å²) in [4.78, 5) is 13.3. The molecule has 0 amide bonds. The Kier molecular flexibility index (Phi) is 6.05. The number of hydrogen-bond acceptors (Lipinski definition) is 4. The molecule has 0 saturated heterocycles. The first-order chi connectivity index (χ1) is 13.4. The van der Waals surface area contributed by atoms with Gasteiger partial charge in [0.1, 0.15) is 12.1 Å². The van der Waals surface area contributed by atoms with E-state index in [0.717, 1.165) is 47.5 Å². The van der Waals surface area contributed by atoms with Gasteiger partial charge in [-0.2, -0.15) is 0 Å². The molecule has 148 valence electrons. The average Bonchev–Trinajstić information content (AvgIpc) is 2.67. The number of rotatable bonds is 7. The Morgan fingerprint density at radius 2 is 1.68 bits per heavy atom. The minimum Gasteiger partial charge on any atom is -0.493 e. The molecule has 0 saturated carbocycles. The number of aryl methyl sites for hydroxylation is 2. The monoisotopic (exact) mass is 382 g/mol. The van der Waals surface area contributed by atoms with Crippen LogP contribution in [0.15, 0.2) is 45.6 Å². The van der Waals surface area contributed by atoms with E-state index in [1.165, 1.54) is 16.0 Å². The SMILES string of the molecule is COc1ccc(CC[NH+](C)Cc2cc(=O)oc3cc(C)c(C)cc23)cc1OC. The van der Waals surface area contributed by atoms with Crippen LogP contribution in [-0.4, -0.2) is 27.8 Å². The van der Waals surface area contributed by atoms with E-state index >= 15 is 0 Å².